The Morgan fingerprint density at radius 1 is 1.33 bits per heavy atom. The molecule has 0 saturated heterocycles. The summed E-state index contributed by atoms with van der Waals surface area (Å²) < 4.78 is 33.4. The van der Waals surface area contributed by atoms with E-state index < -0.39 is 10.0 Å². The fourth-order valence-corrected chi connectivity index (χ4v) is 3.31. The molecule has 1 heterocycles. The monoisotopic (exact) mass is 309 g/mol. The highest BCUT2D eigenvalue weighted by Crippen LogP contribution is 2.26. The summed E-state index contributed by atoms with van der Waals surface area (Å²) in [6, 6.07) is 8.48. The average molecular weight is 309 g/mol. The number of aryl methyl sites for hydroxylation is 1. The lowest BCUT2D eigenvalue weighted by Crippen LogP contribution is -2.26. The van der Waals surface area contributed by atoms with Gasteiger partial charge in [-0.3, -0.25) is 4.31 Å². The summed E-state index contributed by atoms with van der Waals surface area (Å²) in [5.74, 6) is 0.602. The largest absolute Gasteiger partial charge is 0.497 e. The molecule has 1 aromatic carbocycles. The molecule has 21 heavy (non-hydrogen) atoms. The fraction of sp³-hybridized carbons (Fsp3) is 0.286. The first-order valence-corrected chi connectivity index (χ1v) is 7.82. The first-order chi connectivity index (χ1) is 9.90. The van der Waals surface area contributed by atoms with Crippen LogP contribution >= 0.6 is 0 Å². The zero-order chi connectivity index (χ0) is 15.6. The molecule has 6 nitrogen and oxygen atoms in total. The van der Waals surface area contributed by atoms with E-state index in [2.05, 4.69) is 0 Å². The highest BCUT2D eigenvalue weighted by atomic mass is 32.2. The van der Waals surface area contributed by atoms with Crippen molar-refractivity contribution in [3.05, 3.63) is 42.2 Å². The van der Waals surface area contributed by atoms with Crippen molar-refractivity contribution in [1.82, 2.24) is 4.57 Å². The number of rotatable bonds is 5. The lowest BCUT2D eigenvalue weighted by Gasteiger charge is -2.19. The van der Waals surface area contributed by atoms with Crippen molar-refractivity contribution in [2.45, 2.75) is 11.4 Å². The van der Waals surface area contributed by atoms with Gasteiger partial charge >= 0.3 is 0 Å². The molecule has 0 spiro atoms. The van der Waals surface area contributed by atoms with Crippen molar-refractivity contribution in [3.63, 3.8) is 0 Å². The third-order valence-corrected chi connectivity index (χ3v) is 5.12. The molecule has 0 aliphatic carbocycles. The Morgan fingerprint density at radius 3 is 2.62 bits per heavy atom. The Balaban J connectivity index is 2.41. The Kier molecular flexibility index (Phi) is 4.24. The summed E-state index contributed by atoms with van der Waals surface area (Å²) in [6.45, 7) is 0.287. The number of anilines is 1. The first-order valence-electron chi connectivity index (χ1n) is 6.38. The molecule has 0 saturated carbocycles. The number of hydrogen-bond donors (Lipinski definition) is 1. The molecule has 114 valence electrons. The summed E-state index contributed by atoms with van der Waals surface area (Å²) >= 11 is 0. The number of nitrogens with two attached hydrogens (primary N) is 1. The van der Waals surface area contributed by atoms with Crippen molar-refractivity contribution < 1.29 is 13.2 Å². The second-order valence-corrected chi connectivity index (χ2v) is 6.63. The highest BCUT2D eigenvalue weighted by molar-refractivity contribution is 7.92. The molecule has 7 heteroatoms. The molecule has 0 atom stereocenters. The van der Waals surface area contributed by atoms with Crippen LogP contribution in [0.2, 0.25) is 0 Å². The zero-order valence-electron chi connectivity index (χ0n) is 12.3. The summed E-state index contributed by atoms with van der Waals surface area (Å²) in [4.78, 5) is 0.218. The van der Waals surface area contributed by atoms with Crippen LogP contribution in [0.25, 0.3) is 0 Å². The van der Waals surface area contributed by atoms with Gasteiger partial charge in [0.25, 0.3) is 10.0 Å². The Bertz CT molecular complexity index is 738. The molecule has 2 rings (SSSR count). The minimum Gasteiger partial charge on any atom is -0.497 e. The second-order valence-electron chi connectivity index (χ2n) is 4.66. The zero-order valence-corrected chi connectivity index (χ0v) is 13.1. The van der Waals surface area contributed by atoms with Gasteiger partial charge in [-0.2, -0.15) is 0 Å². The minimum absolute atomic E-state index is 0.218. The second kappa shape index (κ2) is 5.79. The molecule has 1 aromatic heterocycles. The van der Waals surface area contributed by atoms with Crippen LogP contribution in [0.15, 0.2) is 41.4 Å². The highest BCUT2D eigenvalue weighted by Gasteiger charge is 2.23. The van der Waals surface area contributed by atoms with E-state index in [9.17, 15) is 8.42 Å². The summed E-state index contributed by atoms with van der Waals surface area (Å²) in [5.41, 5.74) is 6.88. The SMILES string of the molecule is COc1cccc(N(C)S(=O)(=O)c2cc(CN)n(C)c2)c1. The van der Waals surface area contributed by atoms with E-state index in [0.717, 1.165) is 5.69 Å². The number of nitrogens with zero attached hydrogens (tertiary/aromatic N) is 2. The van der Waals surface area contributed by atoms with E-state index >= 15 is 0 Å². The fourth-order valence-electron chi connectivity index (χ4n) is 2.02. The van der Waals surface area contributed by atoms with Gasteiger partial charge < -0.3 is 15.0 Å². The van der Waals surface area contributed by atoms with Crippen LogP contribution in [0.4, 0.5) is 5.69 Å². The molecular weight excluding hydrogens is 290 g/mol. The van der Waals surface area contributed by atoms with Gasteiger partial charge in [-0.05, 0) is 18.2 Å². The average Bonchev–Trinajstić information content (AvgIpc) is 2.88. The molecular formula is C14H19N3O3S. The van der Waals surface area contributed by atoms with Gasteiger partial charge in [-0.1, -0.05) is 6.07 Å². The lowest BCUT2D eigenvalue weighted by atomic mass is 10.3. The first kappa shape index (κ1) is 15.4. The van der Waals surface area contributed by atoms with Gasteiger partial charge in [0, 0.05) is 38.6 Å². The Labute approximate surface area is 124 Å². The van der Waals surface area contributed by atoms with Gasteiger partial charge in [0.1, 0.15) is 10.6 Å². The number of benzene rings is 1. The summed E-state index contributed by atoms with van der Waals surface area (Å²) in [5, 5.41) is 0. The molecule has 0 amide bonds. The predicted molar refractivity (Wildman–Crippen MR) is 81.9 cm³/mol. The third kappa shape index (κ3) is 2.88. The van der Waals surface area contributed by atoms with E-state index in [1.165, 1.54) is 11.4 Å². The van der Waals surface area contributed by atoms with E-state index in [-0.39, 0.29) is 11.4 Å². The smallest absolute Gasteiger partial charge is 0.265 e. The van der Waals surface area contributed by atoms with E-state index in [1.807, 2.05) is 0 Å². The molecule has 0 aliphatic rings. The number of aromatic nitrogens is 1. The maximum absolute atomic E-state index is 12.6. The van der Waals surface area contributed by atoms with Gasteiger partial charge in [0.15, 0.2) is 0 Å². The van der Waals surface area contributed by atoms with Gasteiger partial charge in [-0.15, -0.1) is 0 Å². The molecule has 2 aromatic rings. The maximum atomic E-state index is 12.6. The molecule has 0 radical (unpaired) electrons. The molecule has 2 N–H and O–H groups in total. The van der Waals surface area contributed by atoms with Crippen molar-refractivity contribution in [1.29, 1.82) is 0 Å². The summed E-state index contributed by atoms with van der Waals surface area (Å²) in [6.07, 6.45) is 1.56. The standard InChI is InChI=1S/C14H19N3O3S/c1-16-10-14(8-12(16)9-15)21(18,19)17(2)11-5-4-6-13(7-11)20-3/h4-8,10H,9,15H2,1-3H3. The molecule has 0 aliphatic heterocycles. The summed E-state index contributed by atoms with van der Waals surface area (Å²) in [7, 11) is 1.20. The van der Waals surface area contributed by atoms with Crippen molar-refractivity contribution in [2.24, 2.45) is 12.8 Å². The van der Waals surface area contributed by atoms with Crippen LogP contribution in [0.3, 0.4) is 0 Å². The molecule has 0 bridgehead atoms. The van der Waals surface area contributed by atoms with Crippen molar-refractivity contribution in [3.8, 4) is 5.75 Å². The van der Waals surface area contributed by atoms with Crippen molar-refractivity contribution >= 4 is 15.7 Å². The van der Waals surface area contributed by atoms with Crippen LogP contribution in [-0.4, -0.2) is 27.1 Å². The van der Waals surface area contributed by atoms with Crippen LogP contribution in [-0.2, 0) is 23.6 Å². The van der Waals surface area contributed by atoms with E-state index in [4.69, 9.17) is 10.5 Å². The van der Waals surface area contributed by atoms with Gasteiger partial charge in [-0.25, -0.2) is 8.42 Å². The number of methoxy groups -OCH3 is 1. The predicted octanol–water partition coefficient (Wildman–Crippen LogP) is 1.32. The minimum atomic E-state index is -3.63. The third-order valence-electron chi connectivity index (χ3n) is 3.37. The van der Waals surface area contributed by atoms with E-state index in [0.29, 0.717) is 11.4 Å². The Morgan fingerprint density at radius 2 is 2.05 bits per heavy atom. The molecule has 0 unspecified atom stereocenters. The number of hydrogen-bond acceptors (Lipinski definition) is 4. The number of ether oxygens (including phenoxy) is 1. The van der Waals surface area contributed by atoms with Gasteiger partial charge in [0.05, 0.1) is 12.8 Å². The van der Waals surface area contributed by atoms with Crippen LogP contribution < -0.4 is 14.8 Å². The number of sulfonamides is 1. The Hall–Kier alpha value is -1.99. The van der Waals surface area contributed by atoms with E-state index in [1.54, 1.807) is 55.3 Å². The van der Waals surface area contributed by atoms with Gasteiger partial charge in [0.2, 0.25) is 0 Å². The lowest BCUT2D eigenvalue weighted by molar-refractivity contribution is 0.415. The normalized spacial score (nSPS) is 11.4. The molecule has 0 fully saturated rings. The topological polar surface area (TPSA) is 77.6 Å². The quantitative estimate of drug-likeness (QED) is 0.903. The van der Waals surface area contributed by atoms with Crippen LogP contribution in [0, 0.1) is 0 Å². The van der Waals surface area contributed by atoms with Crippen molar-refractivity contribution in [2.75, 3.05) is 18.5 Å². The maximum Gasteiger partial charge on any atom is 0.265 e. The van der Waals surface area contributed by atoms with Crippen LogP contribution in [0.1, 0.15) is 5.69 Å². The van der Waals surface area contributed by atoms with Crippen LogP contribution in [0.5, 0.6) is 5.75 Å².